The highest BCUT2D eigenvalue weighted by Gasteiger charge is 2.36. The Morgan fingerprint density at radius 2 is 1.82 bits per heavy atom. The van der Waals surface area contributed by atoms with Crippen molar-refractivity contribution in [1.82, 2.24) is 9.96 Å². The lowest BCUT2D eigenvalue weighted by molar-refractivity contribution is -0.194. The zero-order chi connectivity index (χ0) is 28.2. The fourth-order valence-electron chi connectivity index (χ4n) is 5.13. The van der Waals surface area contributed by atoms with E-state index in [0.717, 1.165) is 49.3 Å². The van der Waals surface area contributed by atoms with Crippen LogP contribution in [0.2, 0.25) is 0 Å². The first-order valence-corrected chi connectivity index (χ1v) is 13.5. The third kappa shape index (κ3) is 9.21. The molecule has 1 aliphatic heterocycles. The van der Waals surface area contributed by atoms with E-state index in [9.17, 15) is 19.2 Å². The minimum atomic E-state index is -0.882. The number of nitrogens with zero attached hydrogens (tertiary/aromatic N) is 2. The van der Waals surface area contributed by atoms with E-state index in [2.05, 4.69) is 4.90 Å². The zero-order valence-corrected chi connectivity index (χ0v) is 23.1. The van der Waals surface area contributed by atoms with Gasteiger partial charge in [0.15, 0.2) is 11.5 Å². The Labute approximate surface area is 229 Å². The van der Waals surface area contributed by atoms with Crippen molar-refractivity contribution in [3.63, 3.8) is 0 Å². The van der Waals surface area contributed by atoms with E-state index in [1.54, 1.807) is 14.2 Å². The number of carbonyl (C=O) groups is 4. The van der Waals surface area contributed by atoms with Crippen molar-refractivity contribution in [2.45, 2.75) is 76.0 Å². The highest BCUT2D eigenvalue weighted by molar-refractivity contribution is 5.91. The van der Waals surface area contributed by atoms with Crippen LogP contribution in [-0.2, 0) is 39.9 Å². The number of benzene rings is 1. The van der Waals surface area contributed by atoms with Gasteiger partial charge in [-0.25, -0.2) is 4.79 Å². The summed E-state index contributed by atoms with van der Waals surface area (Å²) in [7, 11) is 4.50. The van der Waals surface area contributed by atoms with Crippen molar-refractivity contribution >= 4 is 24.1 Å². The van der Waals surface area contributed by atoms with Crippen LogP contribution in [0, 0.1) is 0 Å². The number of likely N-dealkylation sites (tertiary alicyclic amines) is 1. The van der Waals surface area contributed by atoms with Crippen LogP contribution >= 0.6 is 0 Å². The van der Waals surface area contributed by atoms with Crippen LogP contribution in [0.15, 0.2) is 18.2 Å². The number of esters is 1. The standard InChI is InChI=1S/C28H40N2O9/c1-29(26(32)9-6-15-31)39-28(34)18-27(33)38-21-12-14-30(19-21)22-7-4-5-8-23(22)37-16-13-20-10-11-24(35-2)25(17-20)36-3/h10-11,15,17,21-23H,4-9,12-14,16,18-19H2,1-3H3/t21-,22-,23-/m1/s1. The topological polar surface area (TPSA) is 121 Å². The highest BCUT2D eigenvalue weighted by Crippen LogP contribution is 2.30. The van der Waals surface area contributed by atoms with Gasteiger partial charge >= 0.3 is 11.9 Å². The Morgan fingerprint density at radius 3 is 2.56 bits per heavy atom. The fourth-order valence-corrected chi connectivity index (χ4v) is 5.13. The first-order chi connectivity index (χ1) is 18.8. The van der Waals surface area contributed by atoms with Gasteiger partial charge in [0.05, 0.1) is 26.9 Å². The van der Waals surface area contributed by atoms with Gasteiger partial charge in [0, 0.05) is 39.0 Å². The van der Waals surface area contributed by atoms with Crippen molar-refractivity contribution in [1.29, 1.82) is 0 Å². The molecule has 11 heteroatoms. The number of hydrogen-bond donors (Lipinski definition) is 0. The monoisotopic (exact) mass is 548 g/mol. The van der Waals surface area contributed by atoms with E-state index in [0.29, 0.717) is 37.4 Å². The number of hydroxylamine groups is 2. The second-order valence-electron chi connectivity index (χ2n) is 9.83. The summed E-state index contributed by atoms with van der Waals surface area (Å²) in [6.07, 6.45) is 5.49. The van der Waals surface area contributed by atoms with Gasteiger partial charge < -0.3 is 28.6 Å². The molecule has 11 nitrogen and oxygen atoms in total. The summed E-state index contributed by atoms with van der Waals surface area (Å²) >= 11 is 0. The molecule has 1 aliphatic carbocycles. The molecule has 1 saturated heterocycles. The van der Waals surface area contributed by atoms with E-state index in [-0.39, 0.29) is 31.1 Å². The molecule has 0 aromatic heterocycles. The molecule has 3 rings (SSSR count). The predicted molar refractivity (Wildman–Crippen MR) is 140 cm³/mol. The van der Waals surface area contributed by atoms with Gasteiger partial charge in [-0.2, -0.15) is 5.06 Å². The summed E-state index contributed by atoms with van der Waals surface area (Å²) in [4.78, 5) is 53.6. The number of amides is 1. The van der Waals surface area contributed by atoms with E-state index in [4.69, 9.17) is 23.8 Å². The van der Waals surface area contributed by atoms with Gasteiger partial charge in [-0.3, -0.25) is 14.5 Å². The minimum Gasteiger partial charge on any atom is -0.493 e. The lowest BCUT2D eigenvalue weighted by Crippen LogP contribution is -2.46. The van der Waals surface area contributed by atoms with Gasteiger partial charge in [0.2, 0.25) is 0 Å². The lowest BCUT2D eigenvalue weighted by Gasteiger charge is -2.37. The molecule has 0 N–H and O–H groups in total. The molecule has 1 aromatic carbocycles. The summed E-state index contributed by atoms with van der Waals surface area (Å²) in [5.41, 5.74) is 1.11. The van der Waals surface area contributed by atoms with Crippen LogP contribution < -0.4 is 9.47 Å². The van der Waals surface area contributed by atoms with Crippen LogP contribution in [0.1, 0.15) is 56.9 Å². The van der Waals surface area contributed by atoms with Crippen molar-refractivity contribution < 1.29 is 43.0 Å². The van der Waals surface area contributed by atoms with E-state index < -0.39 is 24.3 Å². The molecule has 0 radical (unpaired) electrons. The second kappa shape index (κ2) is 15.4. The zero-order valence-electron chi connectivity index (χ0n) is 23.1. The molecule has 1 amide bonds. The number of hydrogen-bond acceptors (Lipinski definition) is 10. The normalized spacial score (nSPS) is 21.2. The number of methoxy groups -OCH3 is 2. The average Bonchev–Trinajstić information content (AvgIpc) is 3.39. The van der Waals surface area contributed by atoms with Gasteiger partial charge in [-0.1, -0.05) is 18.9 Å². The predicted octanol–water partition coefficient (Wildman–Crippen LogP) is 2.48. The molecule has 1 heterocycles. The lowest BCUT2D eigenvalue weighted by atomic mass is 9.91. The number of rotatable bonds is 13. The number of carbonyl (C=O) groups excluding carboxylic acids is 4. The van der Waals surface area contributed by atoms with Crippen LogP contribution in [0.25, 0.3) is 0 Å². The van der Waals surface area contributed by atoms with Gasteiger partial charge in [-0.05, 0) is 43.4 Å². The highest BCUT2D eigenvalue weighted by atomic mass is 16.7. The molecule has 2 aliphatic rings. The SMILES string of the molecule is COc1ccc(CCO[C@@H]2CCCC[C@H]2N2CC[C@@H](OC(=O)CC(=O)ON(C)C(=O)CCC=O)C2)cc1OC. The maximum Gasteiger partial charge on any atom is 0.343 e. The molecule has 2 fully saturated rings. The van der Waals surface area contributed by atoms with Crippen molar-refractivity contribution in [3.8, 4) is 11.5 Å². The summed E-state index contributed by atoms with van der Waals surface area (Å²) in [5, 5.41) is 0.741. The van der Waals surface area contributed by atoms with Gasteiger partial charge in [0.25, 0.3) is 5.91 Å². The molecule has 1 saturated carbocycles. The largest absolute Gasteiger partial charge is 0.493 e. The van der Waals surface area contributed by atoms with Crippen LogP contribution in [-0.4, -0.2) is 93.3 Å². The Morgan fingerprint density at radius 1 is 1.05 bits per heavy atom. The van der Waals surface area contributed by atoms with E-state index in [1.165, 1.54) is 7.05 Å². The quantitative estimate of drug-likeness (QED) is 0.157. The van der Waals surface area contributed by atoms with E-state index in [1.807, 2.05) is 18.2 Å². The molecule has 3 atom stereocenters. The van der Waals surface area contributed by atoms with Crippen LogP contribution in [0.5, 0.6) is 11.5 Å². The molecular formula is C28H40N2O9. The number of ether oxygens (including phenoxy) is 4. The maximum absolute atomic E-state index is 12.3. The molecule has 0 bridgehead atoms. The second-order valence-corrected chi connectivity index (χ2v) is 9.83. The third-order valence-corrected chi connectivity index (χ3v) is 7.14. The van der Waals surface area contributed by atoms with Crippen LogP contribution in [0.4, 0.5) is 0 Å². The molecule has 1 aromatic rings. The first-order valence-electron chi connectivity index (χ1n) is 13.5. The molecule has 0 unspecified atom stereocenters. The molecule has 39 heavy (non-hydrogen) atoms. The van der Waals surface area contributed by atoms with E-state index >= 15 is 0 Å². The summed E-state index contributed by atoms with van der Waals surface area (Å²) in [6, 6.07) is 6.14. The summed E-state index contributed by atoms with van der Waals surface area (Å²) in [6.45, 7) is 1.97. The third-order valence-electron chi connectivity index (χ3n) is 7.14. The number of aldehydes is 1. The van der Waals surface area contributed by atoms with Gasteiger partial charge in [0.1, 0.15) is 18.8 Å². The van der Waals surface area contributed by atoms with Crippen molar-refractivity contribution in [3.05, 3.63) is 23.8 Å². The summed E-state index contributed by atoms with van der Waals surface area (Å²) in [5.74, 6) is -0.696. The molecule has 0 spiro atoms. The maximum atomic E-state index is 12.3. The Kier molecular flexibility index (Phi) is 12.0. The molecular weight excluding hydrogens is 508 g/mol. The Balaban J connectivity index is 1.43. The van der Waals surface area contributed by atoms with Crippen molar-refractivity contribution in [2.75, 3.05) is 41.0 Å². The first kappa shape index (κ1) is 30.4. The Bertz CT molecular complexity index is 986. The van der Waals surface area contributed by atoms with Crippen LogP contribution in [0.3, 0.4) is 0 Å². The smallest absolute Gasteiger partial charge is 0.343 e. The Hall–Kier alpha value is -3.18. The average molecular weight is 549 g/mol. The summed E-state index contributed by atoms with van der Waals surface area (Å²) < 4.78 is 22.6. The van der Waals surface area contributed by atoms with Gasteiger partial charge in [-0.15, -0.1) is 0 Å². The molecule has 216 valence electrons. The minimum absolute atomic E-state index is 0.0335. The fraction of sp³-hybridized carbons (Fsp3) is 0.643. The van der Waals surface area contributed by atoms with Crippen molar-refractivity contribution in [2.24, 2.45) is 0 Å².